The van der Waals surface area contributed by atoms with Crippen LogP contribution in [0.15, 0.2) is 12.2 Å². The number of hydrogen-bond acceptors (Lipinski definition) is 2. The zero-order valence-electron chi connectivity index (χ0n) is 5.99. The Hall–Kier alpha value is -0.810. The molecule has 2 heteroatoms. The largest absolute Gasteiger partial charge is 0.292 e. The van der Waals surface area contributed by atoms with Crippen molar-refractivity contribution in [1.29, 1.82) is 5.26 Å². The summed E-state index contributed by atoms with van der Waals surface area (Å²) in [5.41, 5.74) is 0. The molecule has 1 fully saturated rings. The molecule has 0 aromatic carbocycles. The Morgan fingerprint density at radius 2 is 2.40 bits per heavy atom. The molecular weight excluding hydrogens is 124 g/mol. The van der Waals surface area contributed by atoms with E-state index in [-0.39, 0.29) is 5.92 Å². The fraction of sp³-hybridized carbons (Fsp3) is 0.625. The first-order valence-corrected chi connectivity index (χ1v) is 3.63. The molecule has 0 unspecified atom stereocenters. The third-order valence-corrected chi connectivity index (χ3v) is 2.60. The molecule has 2 aliphatic rings. The zero-order valence-corrected chi connectivity index (χ0v) is 5.99. The van der Waals surface area contributed by atoms with Crippen molar-refractivity contribution in [1.82, 2.24) is 4.90 Å². The van der Waals surface area contributed by atoms with E-state index >= 15 is 0 Å². The van der Waals surface area contributed by atoms with Crippen molar-refractivity contribution in [2.75, 3.05) is 7.05 Å². The molecule has 0 N–H and O–H groups in total. The van der Waals surface area contributed by atoms with Crippen molar-refractivity contribution in [3.63, 3.8) is 0 Å². The lowest BCUT2D eigenvalue weighted by molar-refractivity contribution is 0.324. The van der Waals surface area contributed by atoms with E-state index < -0.39 is 0 Å². The number of likely N-dealkylation sites (N-methyl/N-ethyl adjacent to an activating group) is 1. The minimum atomic E-state index is 0.250. The Balaban J connectivity index is 2.25. The third kappa shape index (κ3) is 0.559. The quantitative estimate of drug-likeness (QED) is 0.457. The maximum Gasteiger partial charge on any atom is 0.0676 e. The second kappa shape index (κ2) is 1.83. The average molecular weight is 134 g/mol. The minimum absolute atomic E-state index is 0.250. The molecule has 0 aromatic heterocycles. The molecular formula is C8H10N2. The maximum atomic E-state index is 8.70. The smallest absolute Gasteiger partial charge is 0.0676 e. The van der Waals surface area contributed by atoms with Crippen molar-refractivity contribution in [3.8, 4) is 6.07 Å². The summed E-state index contributed by atoms with van der Waals surface area (Å²) in [7, 11) is 2.09. The molecule has 0 amide bonds. The van der Waals surface area contributed by atoms with Gasteiger partial charge >= 0.3 is 0 Å². The van der Waals surface area contributed by atoms with Gasteiger partial charge in [0.05, 0.1) is 12.0 Å². The summed E-state index contributed by atoms with van der Waals surface area (Å²) in [5.74, 6) is 0.250. The van der Waals surface area contributed by atoms with E-state index in [1.165, 1.54) is 0 Å². The predicted octanol–water partition coefficient (Wildman–Crippen LogP) is 0.769. The highest BCUT2D eigenvalue weighted by Gasteiger charge is 2.40. The molecule has 2 aliphatic heterocycles. The number of nitriles is 1. The lowest BCUT2D eigenvalue weighted by Gasteiger charge is -2.14. The number of nitrogens with zero attached hydrogens (tertiary/aromatic N) is 2. The molecule has 1 saturated heterocycles. The molecule has 2 bridgehead atoms. The molecule has 3 atom stereocenters. The molecule has 0 aliphatic carbocycles. The van der Waals surface area contributed by atoms with Crippen LogP contribution in [0.5, 0.6) is 0 Å². The Labute approximate surface area is 60.7 Å². The predicted molar refractivity (Wildman–Crippen MR) is 38.2 cm³/mol. The molecule has 2 nitrogen and oxygen atoms in total. The lowest BCUT2D eigenvalue weighted by atomic mass is 9.96. The van der Waals surface area contributed by atoms with Gasteiger partial charge in [-0.05, 0) is 13.5 Å². The van der Waals surface area contributed by atoms with Gasteiger partial charge in [-0.1, -0.05) is 12.2 Å². The molecule has 0 saturated carbocycles. The van der Waals surface area contributed by atoms with Gasteiger partial charge in [-0.25, -0.2) is 0 Å². The fourth-order valence-electron chi connectivity index (χ4n) is 1.93. The van der Waals surface area contributed by atoms with E-state index in [9.17, 15) is 0 Å². The van der Waals surface area contributed by atoms with E-state index in [0.29, 0.717) is 12.1 Å². The number of fused-ring (bicyclic) bond motifs is 2. The maximum absolute atomic E-state index is 8.70. The van der Waals surface area contributed by atoms with E-state index in [0.717, 1.165) is 6.42 Å². The van der Waals surface area contributed by atoms with E-state index in [1.807, 2.05) is 0 Å². The highest BCUT2D eigenvalue weighted by atomic mass is 15.2. The monoisotopic (exact) mass is 134 g/mol. The third-order valence-electron chi connectivity index (χ3n) is 2.60. The minimum Gasteiger partial charge on any atom is -0.292 e. The number of rotatable bonds is 0. The van der Waals surface area contributed by atoms with Gasteiger partial charge in [0.15, 0.2) is 0 Å². The molecule has 10 heavy (non-hydrogen) atoms. The van der Waals surface area contributed by atoms with Crippen LogP contribution >= 0.6 is 0 Å². The van der Waals surface area contributed by atoms with Crippen LogP contribution in [-0.2, 0) is 0 Å². The van der Waals surface area contributed by atoms with E-state index in [1.54, 1.807) is 0 Å². The van der Waals surface area contributed by atoms with Crippen molar-refractivity contribution in [2.24, 2.45) is 5.92 Å². The summed E-state index contributed by atoms with van der Waals surface area (Å²) < 4.78 is 0. The summed E-state index contributed by atoms with van der Waals surface area (Å²) in [4.78, 5) is 2.27. The summed E-state index contributed by atoms with van der Waals surface area (Å²) >= 11 is 0. The highest BCUT2D eigenvalue weighted by molar-refractivity contribution is 5.21. The first-order valence-electron chi connectivity index (χ1n) is 3.63. The lowest BCUT2D eigenvalue weighted by Crippen LogP contribution is -2.25. The van der Waals surface area contributed by atoms with Crippen LogP contribution in [0.1, 0.15) is 6.42 Å². The summed E-state index contributed by atoms with van der Waals surface area (Å²) in [5, 5.41) is 8.70. The average Bonchev–Trinajstić information content (AvgIpc) is 2.46. The summed E-state index contributed by atoms with van der Waals surface area (Å²) in [6, 6.07) is 3.30. The van der Waals surface area contributed by atoms with Gasteiger partial charge in [0.2, 0.25) is 0 Å². The first kappa shape index (κ1) is 5.94. The molecule has 2 heterocycles. The van der Waals surface area contributed by atoms with Gasteiger partial charge in [-0.3, -0.25) is 4.90 Å². The summed E-state index contributed by atoms with van der Waals surface area (Å²) in [6.07, 6.45) is 5.40. The van der Waals surface area contributed by atoms with Crippen molar-refractivity contribution in [3.05, 3.63) is 12.2 Å². The van der Waals surface area contributed by atoms with Gasteiger partial charge < -0.3 is 0 Å². The van der Waals surface area contributed by atoms with Crippen LogP contribution < -0.4 is 0 Å². The SMILES string of the molecule is CN1[C@@H]2C=C[C@H]1[C@@H](C#N)C2. The molecule has 52 valence electrons. The summed E-state index contributed by atoms with van der Waals surface area (Å²) in [6.45, 7) is 0. The fourth-order valence-corrected chi connectivity index (χ4v) is 1.93. The van der Waals surface area contributed by atoms with Gasteiger partial charge in [0.25, 0.3) is 0 Å². The van der Waals surface area contributed by atoms with E-state index in [4.69, 9.17) is 5.26 Å². The van der Waals surface area contributed by atoms with Crippen LogP contribution in [0, 0.1) is 17.2 Å². The van der Waals surface area contributed by atoms with Crippen molar-refractivity contribution < 1.29 is 0 Å². The van der Waals surface area contributed by atoms with Crippen LogP contribution in [0.4, 0.5) is 0 Å². The Morgan fingerprint density at radius 3 is 2.70 bits per heavy atom. The standard InChI is InChI=1S/C8H10N2/c1-10-7-2-3-8(10)6(4-7)5-9/h2-3,6-8H,4H2,1H3/t6-,7-,8+/m1/s1. The second-order valence-electron chi connectivity index (χ2n) is 3.08. The Bertz CT molecular complexity index is 214. The molecule has 0 aromatic rings. The molecule has 0 spiro atoms. The van der Waals surface area contributed by atoms with Crippen molar-refractivity contribution in [2.45, 2.75) is 18.5 Å². The van der Waals surface area contributed by atoms with Crippen LogP contribution in [0.3, 0.4) is 0 Å². The topological polar surface area (TPSA) is 27.0 Å². The normalized spacial score (nSPS) is 44.2. The van der Waals surface area contributed by atoms with Gasteiger partial charge in [0, 0.05) is 12.1 Å². The van der Waals surface area contributed by atoms with Crippen molar-refractivity contribution >= 4 is 0 Å². The van der Waals surface area contributed by atoms with E-state index in [2.05, 4.69) is 30.2 Å². The second-order valence-corrected chi connectivity index (χ2v) is 3.08. The zero-order chi connectivity index (χ0) is 7.14. The van der Waals surface area contributed by atoms with Crippen LogP contribution in [-0.4, -0.2) is 24.0 Å². The Morgan fingerprint density at radius 1 is 1.60 bits per heavy atom. The van der Waals surface area contributed by atoms with Gasteiger partial charge in [0.1, 0.15) is 0 Å². The molecule has 0 radical (unpaired) electrons. The number of hydrogen-bond donors (Lipinski definition) is 0. The molecule has 2 rings (SSSR count). The van der Waals surface area contributed by atoms with Gasteiger partial charge in [-0.2, -0.15) is 5.26 Å². The van der Waals surface area contributed by atoms with Crippen LogP contribution in [0.2, 0.25) is 0 Å². The highest BCUT2D eigenvalue weighted by Crippen LogP contribution is 2.34. The van der Waals surface area contributed by atoms with Gasteiger partial charge in [-0.15, -0.1) is 0 Å². The first-order chi connectivity index (χ1) is 4.83. The Kier molecular flexibility index (Phi) is 1.09. The van der Waals surface area contributed by atoms with Crippen LogP contribution in [0.25, 0.3) is 0 Å².